The molecular formula is C23H22F3NO3. The molecule has 0 aromatic heterocycles. The number of benzene rings is 2. The van der Waals surface area contributed by atoms with Gasteiger partial charge in [0.05, 0.1) is 12.2 Å². The molecule has 0 aliphatic rings. The Morgan fingerprint density at radius 1 is 1.03 bits per heavy atom. The van der Waals surface area contributed by atoms with Crippen molar-refractivity contribution in [1.82, 2.24) is 0 Å². The second kappa shape index (κ2) is 9.04. The van der Waals surface area contributed by atoms with Crippen LogP contribution in [0.5, 0.6) is 0 Å². The van der Waals surface area contributed by atoms with Crippen molar-refractivity contribution in [2.45, 2.75) is 39.3 Å². The fraction of sp³-hybridized carbons (Fsp3) is 0.304. The fourth-order valence-electron chi connectivity index (χ4n) is 2.78. The van der Waals surface area contributed by atoms with Gasteiger partial charge in [-0.15, -0.1) is 0 Å². The number of carbonyl (C=O) groups excluding carboxylic acids is 1. The van der Waals surface area contributed by atoms with E-state index in [0.29, 0.717) is 5.56 Å². The van der Waals surface area contributed by atoms with Crippen molar-refractivity contribution in [3.05, 3.63) is 70.8 Å². The first kappa shape index (κ1) is 23.0. The van der Waals surface area contributed by atoms with Gasteiger partial charge in [0.25, 0.3) is 0 Å². The number of ether oxygens (including phenoxy) is 2. The first-order valence-corrected chi connectivity index (χ1v) is 9.25. The van der Waals surface area contributed by atoms with E-state index >= 15 is 0 Å². The van der Waals surface area contributed by atoms with Crippen molar-refractivity contribution in [3.8, 4) is 6.07 Å². The molecule has 0 N–H and O–H groups in total. The van der Waals surface area contributed by atoms with Crippen LogP contribution in [0.1, 0.15) is 49.9 Å². The predicted octanol–water partition coefficient (Wildman–Crippen LogP) is 6.57. The molecule has 0 atom stereocenters. The maximum atomic E-state index is 13.6. The van der Waals surface area contributed by atoms with Gasteiger partial charge in [-0.2, -0.15) is 18.4 Å². The lowest BCUT2D eigenvalue weighted by Crippen LogP contribution is -2.13. The number of alkyl halides is 3. The molecular weight excluding hydrogens is 395 g/mol. The average Bonchev–Trinajstić information content (AvgIpc) is 2.67. The number of allylic oxidation sites excluding steroid dienone is 1. The van der Waals surface area contributed by atoms with Gasteiger partial charge in [-0.05, 0) is 29.5 Å². The Labute approximate surface area is 173 Å². The molecule has 0 fully saturated rings. The number of halogens is 3. The van der Waals surface area contributed by atoms with Crippen LogP contribution in [-0.2, 0) is 21.1 Å². The zero-order chi connectivity index (χ0) is 22.5. The molecule has 2 rings (SSSR count). The molecule has 0 saturated heterocycles. The maximum Gasteiger partial charge on any atom is 0.513 e. The van der Waals surface area contributed by atoms with Crippen LogP contribution < -0.4 is 0 Å². The third kappa shape index (κ3) is 5.41. The first-order valence-electron chi connectivity index (χ1n) is 9.25. The highest BCUT2D eigenvalue weighted by atomic mass is 19.4. The maximum absolute atomic E-state index is 13.6. The van der Waals surface area contributed by atoms with Crippen LogP contribution in [0.4, 0.5) is 18.0 Å². The lowest BCUT2D eigenvalue weighted by molar-refractivity contribution is -0.137. The van der Waals surface area contributed by atoms with E-state index in [1.54, 1.807) is 24.3 Å². The van der Waals surface area contributed by atoms with Crippen molar-refractivity contribution in [1.29, 1.82) is 5.26 Å². The molecule has 0 unspecified atom stereocenters. The van der Waals surface area contributed by atoms with Gasteiger partial charge in [0.2, 0.25) is 0 Å². The van der Waals surface area contributed by atoms with Crippen molar-refractivity contribution < 1.29 is 27.4 Å². The number of carbonyl (C=O) groups is 1. The second-order valence-electron chi connectivity index (χ2n) is 7.47. The quantitative estimate of drug-likeness (QED) is 0.244. The Balaban J connectivity index is 2.73. The monoisotopic (exact) mass is 417 g/mol. The van der Waals surface area contributed by atoms with Gasteiger partial charge in [-0.3, -0.25) is 0 Å². The number of nitriles is 1. The van der Waals surface area contributed by atoms with Crippen molar-refractivity contribution >= 4 is 17.5 Å². The molecule has 0 spiro atoms. The van der Waals surface area contributed by atoms with Gasteiger partial charge in [0.1, 0.15) is 11.6 Å². The summed E-state index contributed by atoms with van der Waals surface area (Å²) in [5, 5.41) is 9.76. The van der Waals surface area contributed by atoms with Gasteiger partial charge in [0.15, 0.2) is 5.76 Å². The molecule has 2 aromatic rings. The number of hydrogen-bond acceptors (Lipinski definition) is 4. The first-order chi connectivity index (χ1) is 14.0. The molecule has 0 aliphatic carbocycles. The van der Waals surface area contributed by atoms with Gasteiger partial charge in [-0.25, -0.2) is 4.79 Å². The zero-order valence-electron chi connectivity index (χ0n) is 17.1. The average molecular weight is 417 g/mol. The van der Waals surface area contributed by atoms with E-state index in [2.05, 4.69) is 0 Å². The van der Waals surface area contributed by atoms with Crippen LogP contribution in [0, 0.1) is 11.3 Å². The molecule has 0 radical (unpaired) electrons. The summed E-state index contributed by atoms with van der Waals surface area (Å²) in [6.45, 7) is 7.54. The van der Waals surface area contributed by atoms with Gasteiger partial charge in [0, 0.05) is 5.56 Å². The third-order valence-corrected chi connectivity index (χ3v) is 4.30. The Hall–Kier alpha value is -3.27. The number of hydrogen-bond donors (Lipinski definition) is 0. The summed E-state index contributed by atoms with van der Waals surface area (Å²) in [4.78, 5) is 12.0. The highest BCUT2D eigenvalue weighted by Gasteiger charge is 2.35. The highest BCUT2D eigenvalue weighted by Crippen LogP contribution is 2.38. The van der Waals surface area contributed by atoms with Crippen molar-refractivity contribution in [2.24, 2.45) is 0 Å². The molecule has 0 saturated carbocycles. The van der Waals surface area contributed by atoms with E-state index < -0.39 is 29.2 Å². The number of rotatable bonds is 4. The minimum atomic E-state index is -4.71. The van der Waals surface area contributed by atoms with E-state index in [0.717, 1.165) is 17.7 Å². The normalized spacial score (nSPS) is 12.6. The number of nitrogens with zero attached hydrogens (tertiary/aromatic N) is 1. The van der Waals surface area contributed by atoms with Gasteiger partial charge in [-0.1, -0.05) is 63.2 Å². The predicted molar refractivity (Wildman–Crippen MR) is 107 cm³/mol. The lowest BCUT2D eigenvalue weighted by atomic mass is 9.86. The molecule has 30 heavy (non-hydrogen) atoms. The van der Waals surface area contributed by atoms with Crippen LogP contribution in [0.3, 0.4) is 0 Å². The van der Waals surface area contributed by atoms with Crippen LogP contribution in [0.25, 0.3) is 11.3 Å². The standard InChI is InChI=1S/C23H22F3NO3/c1-5-29-21(28)30-20(17-8-6-7-9-19(17)23(24,25)26)18(14-27)15-10-12-16(13-11-15)22(2,3)4/h6-13H,5H2,1-4H3. The Bertz CT molecular complexity index is 978. The van der Waals surface area contributed by atoms with Gasteiger partial charge >= 0.3 is 12.3 Å². The summed E-state index contributed by atoms with van der Waals surface area (Å²) in [7, 11) is 0. The SMILES string of the molecule is CCOC(=O)OC(=C(C#N)c1ccc(C(C)(C)C)cc1)c1ccccc1C(F)(F)F. The van der Waals surface area contributed by atoms with E-state index in [1.807, 2.05) is 26.8 Å². The Morgan fingerprint density at radius 3 is 2.13 bits per heavy atom. The third-order valence-electron chi connectivity index (χ3n) is 4.30. The lowest BCUT2D eigenvalue weighted by Gasteiger charge is -2.20. The topological polar surface area (TPSA) is 59.3 Å². The summed E-state index contributed by atoms with van der Waals surface area (Å²) in [6, 6.07) is 13.3. The summed E-state index contributed by atoms with van der Waals surface area (Å²) < 4.78 is 50.6. The zero-order valence-corrected chi connectivity index (χ0v) is 17.1. The smallest absolute Gasteiger partial charge is 0.434 e. The van der Waals surface area contributed by atoms with Crippen LogP contribution in [-0.4, -0.2) is 12.8 Å². The molecule has 0 bridgehead atoms. The molecule has 0 amide bonds. The molecule has 158 valence electrons. The second-order valence-corrected chi connectivity index (χ2v) is 7.47. The van der Waals surface area contributed by atoms with E-state index in [1.165, 1.54) is 19.1 Å². The van der Waals surface area contributed by atoms with Crippen LogP contribution in [0.2, 0.25) is 0 Å². The summed E-state index contributed by atoms with van der Waals surface area (Å²) in [5.74, 6) is -0.507. The van der Waals surface area contributed by atoms with E-state index in [9.17, 15) is 23.2 Å². The minimum Gasteiger partial charge on any atom is -0.434 e. The summed E-state index contributed by atoms with van der Waals surface area (Å²) in [5.41, 5.74) is -0.505. The largest absolute Gasteiger partial charge is 0.513 e. The van der Waals surface area contributed by atoms with Crippen LogP contribution >= 0.6 is 0 Å². The van der Waals surface area contributed by atoms with Crippen molar-refractivity contribution in [2.75, 3.05) is 6.61 Å². The molecule has 2 aromatic carbocycles. The van der Waals surface area contributed by atoms with E-state index in [-0.39, 0.29) is 17.6 Å². The van der Waals surface area contributed by atoms with Gasteiger partial charge < -0.3 is 9.47 Å². The summed E-state index contributed by atoms with van der Waals surface area (Å²) in [6.07, 6.45) is -5.90. The molecule has 0 heterocycles. The Kier molecular flexibility index (Phi) is 6.93. The summed E-state index contributed by atoms with van der Waals surface area (Å²) >= 11 is 0. The molecule has 4 nitrogen and oxygen atoms in total. The van der Waals surface area contributed by atoms with E-state index in [4.69, 9.17) is 9.47 Å². The highest BCUT2D eigenvalue weighted by molar-refractivity contribution is 5.97. The molecule has 0 aliphatic heterocycles. The Morgan fingerprint density at radius 2 is 1.63 bits per heavy atom. The molecule has 7 heteroatoms. The van der Waals surface area contributed by atoms with Crippen molar-refractivity contribution in [3.63, 3.8) is 0 Å². The van der Waals surface area contributed by atoms with Crippen LogP contribution in [0.15, 0.2) is 48.5 Å². The minimum absolute atomic E-state index is 0.0325. The fourth-order valence-corrected chi connectivity index (χ4v) is 2.78.